The lowest BCUT2D eigenvalue weighted by Crippen LogP contribution is -2.17. The zero-order chi connectivity index (χ0) is 28.0. The Morgan fingerprint density at radius 1 is 0.878 bits per heavy atom. The van der Waals surface area contributed by atoms with Crippen LogP contribution in [0.3, 0.4) is 0 Å². The second kappa shape index (κ2) is 8.70. The summed E-state index contributed by atoms with van der Waals surface area (Å²) in [6.45, 7) is 11.9. The summed E-state index contributed by atoms with van der Waals surface area (Å²) in [7, 11) is 0. The number of allylic oxidation sites excluding steroid dienone is 4. The van der Waals surface area contributed by atoms with Crippen molar-refractivity contribution in [2.45, 2.75) is 64.7 Å². The van der Waals surface area contributed by atoms with E-state index in [9.17, 15) is 0 Å². The van der Waals surface area contributed by atoms with Crippen molar-refractivity contribution in [1.82, 2.24) is 0 Å². The molecule has 2 unspecified atom stereocenters. The second-order valence-electron chi connectivity index (χ2n) is 12.9. The van der Waals surface area contributed by atoms with Crippen LogP contribution in [0.25, 0.3) is 32.7 Å². The van der Waals surface area contributed by atoms with E-state index >= 15 is 0 Å². The maximum absolute atomic E-state index is 2.59. The Kier molecular flexibility index (Phi) is 5.24. The van der Waals surface area contributed by atoms with Gasteiger partial charge in [0.05, 0.1) is 5.69 Å². The number of nitrogens with zero attached hydrogens (tertiary/aromatic N) is 1. The molecule has 0 radical (unpaired) electrons. The van der Waals surface area contributed by atoms with Gasteiger partial charge in [0, 0.05) is 22.7 Å². The molecule has 1 aliphatic heterocycles. The van der Waals surface area contributed by atoms with Gasteiger partial charge in [-0.15, -0.1) is 0 Å². The summed E-state index contributed by atoms with van der Waals surface area (Å²) < 4.78 is 0. The SMILES string of the molecule is CCC(C)c1cc2c3c(ccc4c5c(cc(c43)C2(C)C)N(c2ccccc2)C2=CC=CCC25)c1-c1ccccc1C. The summed E-state index contributed by atoms with van der Waals surface area (Å²) in [5.41, 5.74) is 14.0. The number of rotatable bonds is 4. The third-order valence-electron chi connectivity index (χ3n) is 10.3. The Morgan fingerprint density at radius 3 is 2.37 bits per heavy atom. The summed E-state index contributed by atoms with van der Waals surface area (Å²) in [5.74, 6) is 0.866. The number of anilines is 2. The maximum Gasteiger partial charge on any atom is 0.0507 e. The molecule has 41 heavy (non-hydrogen) atoms. The predicted molar refractivity (Wildman–Crippen MR) is 176 cm³/mol. The van der Waals surface area contributed by atoms with Gasteiger partial charge in [0.2, 0.25) is 0 Å². The van der Waals surface area contributed by atoms with Gasteiger partial charge in [-0.25, -0.2) is 0 Å². The van der Waals surface area contributed by atoms with Crippen molar-refractivity contribution in [2.75, 3.05) is 4.90 Å². The van der Waals surface area contributed by atoms with Crippen molar-refractivity contribution < 1.29 is 0 Å². The number of para-hydroxylation sites is 1. The molecule has 0 bridgehead atoms. The van der Waals surface area contributed by atoms with Crippen LogP contribution in [0.1, 0.15) is 80.2 Å². The van der Waals surface area contributed by atoms with Crippen molar-refractivity contribution in [3.63, 3.8) is 0 Å². The Labute approximate surface area is 243 Å². The first-order valence-electron chi connectivity index (χ1n) is 15.3. The smallest absolute Gasteiger partial charge is 0.0507 e. The molecule has 1 heterocycles. The van der Waals surface area contributed by atoms with Gasteiger partial charge in [-0.05, 0) is 110 Å². The molecule has 0 fully saturated rings. The topological polar surface area (TPSA) is 3.24 Å². The Hall–Kier alpha value is -4.10. The van der Waals surface area contributed by atoms with Gasteiger partial charge in [-0.1, -0.05) is 101 Å². The number of benzene rings is 5. The minimum atomic E-state index is -0.0789. The van der Waals surface area contributed by atoms with E-state index in [1.54, 1.807) is 0 Å². The third kappa shape index (κ3) is 3.24. The fourth-order valence-electron chi connectivity index (χ4n) is 8.04. The van der Waals surface area contributed by atoms with Gasteiger partial charge in [0.1, 0.15) is 0 Å². The molecule has 0 saturated heterocycles. The Balaban J connectivity index is 1.51. The minimum Gasteiger partial charge on any atom is -0.313 e. The second-order valence-corrected chi connectivity index (χ2v) is 12.9. The molecular formula is C40H37N. The van der Waals surface area contributed by atoms with Crippen LogP contribution in [-0.4, -0.2) is 0 Å². The van der Waals surface area contributed by atoms with Crippen molar-refractivity contribution in [1.29, 1.82) is 0 Å². The molecule has 0 aromatic heterocycles. The van der Waals surface area contributed by atoms with E-state index in [-0.39, 0.29) is 5.41 Å². The Morgan fingerprint density at radius 2 is 1.59 bits per heavy atom. The van der Waals surface area contributed by atoms with Gasteiger partial charge in [0.25, 0.3) is 0 Å². The molecule has 0 saturated carbocycles. The summed E-state index contributed by atoms with van der Waals surface area (Å²) in [6, 6.07) is 30.0. The predicted octanol–water partition coefficient (Wildman–Crippen LogP) is 11.2. The minimum absolute atomic E-state index is 0.0789. The monoisotopic (exact) mass is 531 g/mol. The fourth-order valence-corrected chi connectivity index (χ4v) is 8.04. The molecule has 0 spiro atoms. The molecule has 8 rings (SSSR count). The van der Waals surface area contributed by atoms with Crippen molar-refractivity contribution in [3.8, 4) is 11.1 Å². The van der Waals surface area contributed by atoms with E-state index in [2.05, 4.69) is 137 Å². The first kappa shape index (κ1) is 24.7. The van der Waals surface area contributed by atoms with Crippen molar-refractivity contribution >= 4 is 32.9 Å². The lowest BCUT2D eigenvalue weighted by Gasteiger charge is -2.27. The average molecular weight is 532 g/mol. The molecule has 0 amide bonds. The number of hydrogen-bond donors (Lipinski definition) is 0. The first-order chi connectivity index (χ1) is 19.9. The zero-order valence-electron chi connectivity index (χ0n) is 24.8. The van der Waals surface area contributed by atoms with E-state index in [0.717, 1.165) is 12.8 Å². The van der Waals surface area contributed by atoms with Crippen LogP contribution in [0, 0.1) is 6.92 Å². The standard InChI is InChI=1S/C40H37N/c1-6-24(2)31-22-32-38-29(36(31)27-17-11-10-14-25(27)3)20-21-30-37-28-18-12-13-19-34(28)41(26-15-8-7-9-16-26)35(37)23-33(39(30)38)40(32,4)5/h7-17,19-24,28H,6,18H2,1-5H3. The van der Waals surface area contributed by atoms with E-state index in [1.165, 1.54) is 77.6 Å². The van der Waals surface area contributed by atoms with E-state index in [0.29, 0.717) is 11.8 Å². The highest BCUT2D eigenvalue weighted by atomic mass is 15.2. The largest absolute Gasteiger partial charge is 0.313 e. The van der Waals surface area contributed by atoms with E-state index < -0.39 is 0 Å². The molecule has 5 aromatic carbocycles. The fraction of sp³-hybridized carbons (Fsp3) is 0.250. The highest BCUT2D eigenvalue weighted by Crippen LogP contribution is 2.59. The molecule has 1 heteroatoms. The summed E-state index contributed by atoms with van der Waals surface area (Å²) in [5, 5.41) is 5.82. The van der Waals surface area contributed by atoms with Gasteiger partial charge in [0.15, 0.2) is 0 Å². The summed E-state index contributed by atoms with van der Waals surface area (Å²) in [4.78, 5) is 2.53. The molecule has 3 aliphatic rings. The average Bonchev–Trinajstić information content (AvgIpc) is 3.45. The van der Waals surface area contributed by atoms with Gasteiger partial charge < -0.3 is 4.90 Å². The number of hydrogen-bond acceptors (Lipinski definition) is 1. The molecular weight excluding hydrogens is 494 g/mol. The normalized spacial score (nSPS) is 18.7. The molecule has 202 valence electrons. The van der Waals surface area contributed by atoms with Crippen LogP contribution in [0.15, 0.2) is 103 Å². The highest BCUT2D eigenvalue weighted by molar-refractivity contribution is 6.21. The van der Waals surface area contributed by atoms with Crippen LogP contribution in [0.5, 0.6) is 0 Å². The number of fused-ring (bicyclic) bond motifs is 4. The summed E-state index contributed by atoms with van der Waals surface area (Å²) >= 11 is 0. The molecule has 2 aliphatic carbocycles. The maximum atomic E-state index is 2.59. The van der Waals surface area contributed by atoms with E-state index in [1.807, 2.05) is 0 Å². The van der Waals surface area contributed by atoms with Gasteiger partial charge in [-0.3, -0.25) is 0 Å². The lowest BCUT2D eigenvalue weighted by molar-refractivity contribution is 0.657. The summed E-state index contributed by atoms with van der Waals surface area (Å²) in [6.07, 6.45) is 9.10. The van der Waals surface area contributed by atoms with E-state index in [4.69, 9.17) is 0 Å². The zero-order valence-corrected chi connectivity index (χ0v) is 24.8. The van der Waals surface area contributed by atoms with Crippen molar-refractivity contribution in [3.05, 3.63) is 131 Å². The highest BCUT2D eigenvalue weighted by Gasteiger charge is 2.42. The number of aryl methyl sites for hydroxylation is 1. The van der Waals surface area contributed by atoms with Crippen LogP contribution < -0.4 is 4.90 Å². The molecule has 5 aromatic rings. The molecule has 0 N–H and O–H groups in total. The quantitative estimate of drug-likeness (QED) is 0.208. The van der Waals surface area contributed by atoms with Crippen LogP contribution in [0.4, 0.5) is 11.4 Å². The third-order valence-corrected chi connectivity index (χ3v) is 10.3. The lowest BCUT2D eigenvalue weighted by atomic mass is 9.77. The van der Waals surface area contributed by atoms with Gasteiger partial charge >= 0.3 is 0 Å². The van der Waals surface area contributed by atoms with Crippen molar-refractivity contribution in [2.24, 2.45) is 0 Å². The van der Waals surface area contributed by atoms with Gasteiger partial charge in [-0.2, -0.15) is 0 Å². The van der Waals surface area contributed by atoms with Crippen LogP contribution in [-0.2, 0) is 5.41 Å². The van der Waals surface area contributed by atoms with Crippen LogP contribution in [0.2, 0.25) is 0 Å². The Bertz CT molecular complexity index is 1950. The first-order valence-corrected chi connectivity index (χ1v) is 15.3. The molecule has 1 nitrogen and oxygen atoms in total. The van der Waals surface area contributed by atoms with Crippen LogP contribution >= 0.6 is 0 Å². The molecule has 2 atom stereocenters.